The molecule has 0 aromatic heterocycles. The number of para-hydroxylation sites is 2. The molecule has 4 aromatic rings. The molecule has 40 heavy (non-hydrogen) atoms. The summed E-state index contributed by atoms with van der Waals surface area (Å²) >= 11 is 12.3. The third-order valence-electron chi connectivity index (χ3n) is 6.34. The lowest BCUT2D eigenvalue weighted by atomic mass is 10.0. The second-order valence-electron chi connectivity index (χ2n) is 9.10. The Morgan fingerprint density at radius 3 is 1.90 bits per heavy atom. The topological polar surface area (TPSA) is 59.1 Å². The molecule has 5 rings (SSSR count). The number of carbonyl (C=O) groups is 2. The molecule has 0 atom stereocenters. The normalized spacial score (nSPS) is 13.5. The molecule has 1 aliphatic rings. The van der Waals surface area contributed by atoms with Crippen molar-refractivity contribution in [2.45, 2.75) is 13.5 Å². The fraction of sp³-hybridized carbons (Fsp3) is 0.0938. The van der Waals surface area contributed by atoms with Gasteiger partial charge in [0.1, 0.15) is 12.2 Å². The van der Waals surface area contributed by atoms with Gasteiger partial charge in [-0.05, 0) is 72.7 Å². The minimum atomic E-state index is -0.539. The molecule has 1 fully saturated rings. The number of hydrogen-bond donors (Lipinski definition) is 0. The molecule has 0 radical (unpaired) electrons. The summed E-state index contributed by atoms with van der Waals surface area (Å²) in [6.45, 7) is 2.31. The molecule has 1 saturated heterocycles. The van der Waals surface area contributed by atoms with E-state index in [0.717, 1.165) is 11.1 Å². The fourth-order valence-electron chi connectivity index (χ4n) is 4.31. The van der Waals surface area contributed by atoms with Gasteiger partial charge in [0, 0.05) is 0 Å². The van der Waals surface area contributed by atoms with Crippen LogP contribution >= 0.6 is 23.8 Å². The van der Waals surface area contributed by atoms with E-state index in [0.29, 0.717) is 35.0 Å². The van der Waals surface area contributed by atoms with Crippen molar-refractivity contribution >= 4 is 58.2 Å². The highest BCUT2D eigenvalue weighted by atomic mass is 35.5. The molecule has 8 heteroatoms. The van der Waals surface area contributed by atoms with Crippen LogP contribution in [0.5, 0.6) is 11.5 Å². The van der Waals surface area contributed by atoms with Gasteiger partial charge in [-0.3, -0.25) is 19.4 Å². The molecule has 200 valence electrons. The minimum Gasteiger partial charge on any atom is -0.493 e. The highest BCUT2D eigenvalue weighted by Gasteiger charge is 2.41. The quantitative estimate of drug-likeness (QED) is 0.137. The lowest BCUT2D eigenvalue weighted by Gasteiger charge is -2.36. The molecule has 1 heterocycles. The number of rotatable bonds is 7. The Balaban J connectivity index is 1.53. The number of nitrogens with zero attached hydrogens (tertiary/aromatic N) is 2. The summed E-state index contributed by atoms with van der Waals surface area (Å²) in [5.74, 6) is -0.338. The van der Waals surface area contributed by atoms with Crippen molar-refractivity contribution in [2.75, 3.05) is 16.9 Å². The second kappa shape index (κ2) is 11.7. The lowest BCUT2D eigenvalue weighted by Crippen LogP contribution is -2.56. The number of halogens is 1. The molecule has 0 unspecified atom stereocenters. The standard InChI is InChI=1S/C32H25ClN2O4S/c1-21-13-15-22(16-14-21)20-39-29-27(33)18-23(19-28(29)38-2)17-26-30(36)34(24-9-5-3-6-10-24)32(40)35(31(26)37)25-11-7-4-8-12-25/h3-19H,20H2,1-2H3. The molecule has 0 saturated carbocycles. The van der Waals surface area contributed by atoms with Crippen molar-refractivity contribution in [3.8, 4) is 11.5 Å². The number of carbonyl (C=O) groups excluding carboxylic acids is 2. The average Bonchev–Trinajstić information content (AvgIpc) is 2.96. The van der Waals surface area contributed by atoms with Crippen molar-refractivity contribution in [3.05, 3.63) is 124 Å². The lowest BCUT2D eigenvalue weighted by molar-refractivity contribution is -0.120. The molecule has 1 aliphatic heterocycles. The van der Waals surface area contributed by atoms with Crippen LogP contribution in [0.1, 0.15) is 16.7 Å². The Hall–Kier alpha value is -4.46. The number of hydrogen-bond acceptors (Lipinski definition) is 5. The molecule has 0 spiro atoms. The summed E-state index contributed by atoms with van der Waals surface area (Å²) in [5, 5.41) is 0.351. The second-order valence-corrected chi connectivity index (χ2v) is 9.87. The molecule has 4 aromatic carbocycles. The van der Waals surface area contributed by atoms with Crippen LogP contribution in [0.3, 0.4) is 0 Å². The maximum absolute atomic E-state index is 13.8. The molecular formula is C32H25ClN2O4S. The monoisotopic (exact) mass is 568 g/mol. The van der Waals surface area contributed by atoms with Gasteiger partial charge in [0.25, 0.3) is 11.8 Å². The number of ether oxygens (including phenoxy) is 2. The van der Waals surface area contributed by atoms with E-state index in [4.69, 9.17) is 33.3 Å². The average molecular weight is 569 g/mol. The Bertz CT molecular complexity index is 1540. The summed E-state index contributed by atoms with van der Waals surface area (Å²) in [4.78, 5) is 30.2. The minimum absolute atomic E-state index is 0.0695. The zero-order valence-corrected chi connectivity index (χ0v) is 23.4. The van der Waals surface area contributed by atoms with Gasteiger partial charge in [-0.25, -0.2) is 0 Å². The zero-order valence-electron chi connectivity index (χ0n) is 21.8. The van der Waals surface area contributed by atoms with Crippen molar-refractivity contribution in [3.63, 3.8) is 0 Å². The van der Waals surface area contributed by atoms with Crippen LogP contribution in [0.4, 0.5) is 11.4 Å². The number of methoxy groups -OCH3 is 1. The van der Waals surface area contributed by atoms with Crippen LogP contribution in [-0.4, -0.2) is 24.0 Å². The van der Waals surface area contributed by atoms with Crippen LogP contribution in [0.25, 0.3) is 6.08 Å². The molecule has 6 nitrogen and oxygen atoms in total. The maximum atomic E-state index is 13.8. The Kier molecular flexibility index (Phi) is 7.96. The van der Waals surface area contributed by atoms with E-state index in [9.17, 15) is 9.59 Å². The van der Waals surface area contributed by atoms with E-state index < -0.39 is 11.8 Å². The van der Waals surface area contributed by atoms with Crippen LogP contribution in [0.15, 0.2) is 103 Å². The van der Waals surface area contributed by atoms with Crippen molar-refractivity contribution in [1.29, 1.82) is 0 Å². The van der Waals surface area contributed by atoms with Crippen molar-refractivity contribution in [2.24, 2.45) is 0 Å². The number of amides is 2. The van der Waals surface area contributed by atoms with Gasteiger partial charge in [-0.2, -0.15) is 0 Å². The first-order valence-corrected chi connectivity index (χ1v) is 13.3. The Labute approximate surface area is 243 Å². The maximum Gasteiger partial charge on any atom is 0.270 e. The predicted molar refractivity (Wildman–Crippen MR) is 162 cm³/mol. The summed E-state index contributed by atoms with van der Waals surface area (Å²) in [6.07, 6.45) is 1.50. The van der Waals surface area contributed by atoms with E-state index in [-0.39, 0.29) is 15.7 Å². The molecule has 0 N–H and O–H groups in total. The Morgan fingerprint density at radius 2 is 1.38 bits per heavy atom. The third kappa shape index (κ3) is 5.47. The summed E-state index contributed by atoms with van der Waals surface area (Å²) < 4.78 is 11.6. The zero-order chi connectivity index (χ0) is 28.2. The molecular weight excluding hydrogens is 544 g/mol. The number of thiocarbonyl (C=S) groups is 1. The van der Waals surface area contributed by atoms with Gasteiger partial charge in [-0.15, -0.1) is 0 Å². The van der Waals surface area contributed by atoms with E-state index in [1.165, 1.54) is 23.0 Å². The van der Waals surface area contributed by atoms with Gasteiger partial charge in [0.05, 0.1) is 23.5 Å². The number of aryl methyl sites for hydroxylation is 1. The van der Waals surface area contributed by atoms with Gasteiger partial charge in [0.15, 0.2) is 16.6 Å². The van der Waals surface area contributed by atoms with E-state index >= 15 is 0 Å². The van der Waals surface area contributed by atoms with E-state index in [2.05, 4.69) is 0 Å². The predicted octanol–water partition coefficient (Wildman–Crippen LogP) is 6.98. The first-order chi connectivity index (χ1) is 19.4. The van der Waals surface area contributed by atoms with Crippen LogP contribution < -0.4 is 19.3 Å². The van der Waals surface area contributed by atoms with E-state index in [1.54, 1.807) is 60.7 Å². The highest BCUT2D eigenvalue weighted by Crippen LogP contribution is 2.38. The van der Waals surface area contributed by atoms with Crippen LogP contribution in [-0.2, 0) is 16.2 Å². The van der Waals surface area contributed by atoms with Crippen LogP contribution in [0, 0.1) is 6.92 Å². The first kappa shape index (κ1) is 27.1. The molecule has 0 aliphatic carbocycles. The van der Waals surface area contributed by atoms with E-state index in [1.807, 2.05) is 43.3 Å². The largest absolute Gasteiger partial charge is 0.493 e. The molecule has 2 amide bonds. The third-order valence-corrected chi connectivity index (χ3v) is 6.99. The molecule has 0 bridgehead atoms. The summed E-state index contributed by atoms with van der Waals surface area (Å²) in [7, 11) is 1.50. The SMILES string of the molecule is COc1cc(C=C2C(=O)N(c3ccccc3)C(=S)N(c3ccccc3)C2=O)cc(Cl)c1OCc1ccc(C)cc1. The number of benzene rings is 4. The van der Waals surface area contributed by atoms with Crippen molar-refractivity contribution < 1.29 is 19.1 Å². The van der Waals surface area contributed by atoms with Gasteiger partial charge >= 0.3 is 0 Å². The van der Waals surface area contributed by atoms with Gasteiger partial charge in [0.2, 0.25) is 0 Å². The first-order valence-electron chi connectivity index (χ1n) is 12.5. The fourth-order valence-corrected chi connectivity index (χ4v) is 4.96. The highest BCUT2D eigenvalue weighted by molar-refractivity contribution is 7.81. The Morgan fingerprint density at radius 1 is 0.825 bits per heavy atom. The summed E-state index contributed by atoms with van der Waals surface area (Å²) in [6, 6.07) is 29.2. The van der Waals surface area contributed by atoms with Gasteiger partial charge < -0.3 is 9.47 Å². The number of anilines is 2. The van der Waals surface area contributed by atoms with Crippen molar-refractivity contribution in [1.82, 2.24) is 0 Å². The van der Waals surface area contributed by atoms with Gasteiger partial charge in [-0.1, -0.05) is 77.8 Å². The smallest absolute Gasteiger partial charge is 0.270 e. The summed E-state index contributed by atoms with van der Waals surface area (Å²) in [5.41, 5.74) is 3.65. The van der Waals surface area contributed by atoms with Crippen LogP contribution in [0.2, 0.25) is 5.02 Å².